The lowest BCUT2D eigenvalue weighted by Gasteiger charge is -2.20. The Morgan fingerprint density at radius 1 is 1.38 bits per heavy atom. The number of rotatable bonds is 1. The van der Waals surface area contributed by atoms with Gasteiger partial charge in [-0.05, 0) is 25.5 Å². The Morgan fingerprint density at radius 2 is 2.23 bits per heavy atom. The zero-order valence-electron chi connectivity index (χ0n) is 7.32. The Balaban J connectivity index is 0.000000720. The van der Waals surface area contributed by atoms with Crippen molar-refractivity contribution in [1.29, 1.82) is 0 Å². The zero-order chi connectivity index (χ0) is 7.52. The van der Waals surface area contributed by atoms with E-state index in [4.69, 9.17) is 0 Å². The largest absolute Gasteiger partial charge is 0.316 e. The first-order valence-electron chi connectivity index (χ1n) is 4.17. The molecule has 76 valence electrons. The number of piperidine rings is 1. The smallest absolute Gasteiger partial charge is 0.0490 e. The predicted octanol–water partition coefficient (Wildman–Crippen LogP) is 1.72. The van der Waals surface area contributed by atoms with Crippen LogP contribution in [0.4, 0.5) is 0 Å². The first-order chi connectivity index (χ1) is 5.47. The average molecular weight is 224 g/mol. The van der Waals surface area contributed by atoms with Crippen LogP contribution < -0.4 is 5.32 Å². The van der Waals surface area contributed by atoms with Gasteiger partial charge in [-0.25, -0.2) is 0 Å². The number of hydrogen-bond acceptors (Lipinski definition) is 2. The summed E-state index contributed by atoms with van der Waals surface area (Å²) >= 11 is 0. The highest BCUT2D eigenvalue weighted by Gasteiger charge is 2.15. The van der Waals surface area contributed by atoms with Crippen LogP contribution in [0.25, 0.3) is 0 Å². The van der Waals surface area contributed by atoms with Gasteiger partial charge in [0.2, 0.25) is 0 Å². The molecule has 2 heterocycles. The topological polar surface area (TPSA) is 40.7 Å². The number of H-pyrrole nitrogens is 1. The van der Waals surface area contributed by atoms with Crippen molar-refractivity contribution >= 4 is 24.8 Å². The number of hydrogen-bond donors (Lipinski definition) is 2. The summed E-state index contributed by atoms with van der Waals surface area (Å²) in [4.78, 5) is 0. The molecule has 5 heteroatoms. The number of halogens is 2. The number of nitrogens with zero attached hydrogens (tertiary/aromatic N) is 1. The molecule has 1 aromatic rings. The van der Waals surface area contributed by atoms with Crippen molar-refractivity contribution in [2.45, 2.75) is 18.8 Å². The van der Waals surface area contributed by atoms with E-state index in [1.165, 1.54) is 25.1 Å². The van der Waals surface area contributed by atoms with Crippen molar-refractivity contribution in [3.05, 3.63) is 18.0 Å². The maximum absolute atomic E-state index is 3.94. The molecule has 0 saturated carbocycles. The van der Waals surface area contributed by atoms with Crippen molar-refractivity contribution in [2.24, 2.45) is 0 Å². The fraction of sp³-hybridized carbons (Fsp3) is 0.625. The molecule has 0 bridgehead atoms. The van der Waals surface area contributed by atoms with Gasteiger partial charge in [0.25, 0.3) is 0 Å². The third-order valence-electron chi connectivity index (χ3n) is 2.26. The highest BCUT2D eigenvalue weighted by Crippen LogP contribution is 2.20. The Bertz CT molecular complexity index is 207. The predicted molar refractivity (Wildman–Crippen MR) is 57.9 cm³/mol. The van der Waals surface area contributed by atoms with Crippen molar-refractivity contribution in [2.75, 3.05) is 13.1 Å². The molecule has 1 aliphatic heterocycles. The molecule has 0 unspecified atom stereocenters. The quantitative estimate of drug-likeness (QED) is 0.762. The number of nitrogens with one attached hydrogen (secondary N) is 2. The molecule has 1 atom stereocenters. The third kappa shape index (κ3) is 3.18. The van der Waals surface area contributed by atoms with Crippen molar-refractivity contribution in [3.63, 3.8) is 0 Å². The molecular formula is C8H15Cl2N3. The molecule has 3 nitrogen and oxygen atoms in total. The van der Waals surface area contributed by atoms with E-state index in [1.807, 2.05) is 6.20 Å². The maximum Gasteiger partial charge on any atom is 0.0490 e. The Morgan fingerprint density at radius 3 is 2.77 bits per heavy atom. The van der Waals surface area contributed by atoms with E-state index < -0.39 is 0 Å². The van der Waals surface area contributed by atoms with Crippen LogP contribution >= 0.6 is 24.8 Å². The first kappa shape index (κ1) is 12.8. The van der Waals surface area contributed by atoms with Gasteiger partial charge in [-0.2, -0.15) is 5.10 Å². The van der Waals surface area contributed by atoms with Crippen LogP contribution in [-0.2, 0) is 0 Å². The molecule has 2 N–H and O–H groups in total. The Labute approximate surface area is 90.5 Å². The molecule has 0 radical (unpaired) electrons. The molecule has 0 spiro atoms. The summed E-state index contributed by atoms with van der Waals surface area (Å²) in [6.07, 6.45) is 4.39. The van der Waals surface area contributed by atoms with E-state index in [0.29, 0.717) is 5.92 Å². The highest BCUT2D eigenvalue weighted by atomic mass is 35.5. The van der Waals surface area contributed by atoms with Gasteiger partial charge in [0.1, 0.15) is 0 Å². The minimum atomic E-state index is 0. The van der Waals surface area contributed by atoms with Crippen molar-refractivity contribution in [1.82, 2.24) is 15.5 Å². The molecule has 1 aliphatic rings. The minimum absolute atomic E-state index is 0. The summed E-state index contributed by atoms with van der Waals surface area (Å²) in [5, 5.41) is 10.3. The van der Waals surface area contributed by atoms with Crippen LogP contribution in [0.5, 0.6) is 0 Å². The molecule has 1 saturated heterocycles. The SMILES string of the molecule is Cl.Cl.c1cc([C@H]2CCCNC2)[nH]n1. The lowest BCUT2D eigenvalue weighted by atomic mass is 9.97. The zero-order valence-corrected chi connectivity index (χ0v) is 8.96. The Kier molecular flexibility index (Phi) is 6.12. The van der Waals surface area contributed by atoms with Crippen LogP contribution in [0.1, 0.15) is 24.5 Å². The monoisotopic (exact) mass is 223 g/mol. The molecule has 13 heavy (non-hydrogen) atoms. The Hall–Kier alpha value is -0.250. The lowest BCUT2D eigenvalue weighted by Crippen LogP contribution is -2.28. The van der Waals surface area contributed by atoms with Gasteiger partial charge in [-0.3, -0.25) is 5.10 Å². The molecule has 1 aromatic heterocycles. The van der Waals surface area contributed by atoms with Gasteiger partial charge in [-0.15, -0.1) is 24.8 Å². The summed E-state index contributed by atoms with van der Waals surface area (Å²) < 4.78 is 0. The molecule has 0 amide bonds. The van der Waals surface area contributed by atoms with E-state index in [-0.39, 0.29) is 24.8 Å². The van der Waals surface area contributed by atoms with Crippen LogP contribution in [0.3, 0.4) is 0 Å². The maximum atomic E-state index is 3.94. The van der Waals surface area contributed by atoms with Gasteiger partial charge in [0.15, 0.2) is 0 Å². The molecule has 0 aliphatic carbocycles. The second kappa shape index (κ2) is 6.24. The molecule has 2 rings (SSSR count). The minimum Gasteiger partial charge on any atom is -0.316 e. The number of aromatic nitrogens is 2. The molecule has 0 aromatic carbocycles. The third-order valence-corrected chi connectivity index (χ3v) is 2.26. The van der Waals surface area contributed by atoms with Gasteiger partial charge >= 0.3 is 0 Å². The standard InChI is InChI=1S/C8H13N3.2ClH/c1-2-7(6-9-4-1)8-3-5-10-11-8;;/h3,5,7,9H,1-2,4,6H2,(H,10,11);2*1H/t7-;;/m0../s1. The summed E-state index contributed by atoms with van der Waals surface area (Å²) in [6.45, 7) is 2.27. The van der Waals surface area contributed by atoms with Gasteiger partial charge in [-0.1, -0.05) is 0 Å². The lowest BCUT2D eigenvalue weighted by molar-refractivity contribution is 0.454. The van der Waals surface area contributed by atoms with Gasteiger partial charge in [0.05, 0.1) is 0 Å². The second-order valence-corrected chi connectivity index (χ2v) is 3.06. The van der Waals surface area contributed by atoms with Gasteiger partial charge < -0.3 is 5.32 Å². The fourth-order valence-corrected chi connectivity index (χ4v) is 1.61. The van der Waals surface area contributed by atoms with Crippen LogP contribution in [0.15, 0.2) is 12.3 Å². The van der Waals surface area contributed by atoms with Crippen LogP contribution in [-0.4, -0.2) is 23.3 Å². The van der Waals surface area contributed by atoms with Crippen LogP contribution in [0, 0.1) is 0 Å². The highest BCUT2D eigenvalue weighted by molar-refractivity contribution is 5.85. The van der Waals surface area contributed by atoms with E-state index in [1.54, 1.807) is 0 Å². The summed E-state index contributed by atoms with van der Waals surface area (Å²) in [5.74, 6) is 0.659. The van der Waals surface area contributed by atoms with Crippen molar-refractivity contribution in [3.8, 4) is 0 Å². The van der Waals surface area contributed by atoms with Gasteiger partial charge in [0, 0.05) is 24.4 Å². The summed E-state index contributed by atoms with van der Waals surface area (Å²) in [6, 6.07) is 2.07. The summed E-state index contributed by atoms with van der Waals surface area (Å²) in [7, 11) is 0. The number of aromatic amines is 1. The molecule has 1 fully saturated rings. The second-order valence-electron chi connectivity index (χ2n) is 3.06. The van der Waals surface area contributed by atoms with E-state index >= 15 is 0 Å². The fourth-order valence-electron chi connectivity index (χ4n) is 1.61. The van der Waals surface area contributed by atoms with E-state index in [0.717, 1.165) is 6.54 Å². The first-order valence-corrected chi connectivity index (χ1v) is 4.17. The molecular weight excluding hydrogens is 209 g/mol. The average Bonchev–Trinajstić information content (AvgIpc) is 2.58. The van der Waals surface area contributed by atoms with E-state index in [9.17, 15) is 0 Å². The van der Waals surface area contributed by atoms with Crippen molar-refractivity contribution < 1.29 is 0 Å². The van der Waals surface area contributed by atoms with E-state index in [2.05, 4.69) is 21.6 Å². The normalized spacial score (nSPS) is 21.4. The summed E-state index contributed by atoms with van der Waals surface area (Å²) in [5.41, 5.74) is 1.28. The van der Waals surface area contributed by atoms with Crippen LogP contribution in [0.2, 0.25) is 0 Å².